The van der Waals surface area contributed by atoms with Gasteiger partial charge in [-0.3, -0.25) is 9.59 Å². The number of nitrogens with one attached hydrogen (secondary N) is 2. The minimum absolute atomic E-state index is 0.0425. The van der Waals surface area contributed by atoms with E-state index in [0.717, 1.165) is 43.2 Å². The Labute approximate surface area is 250 Å². The van der Waals surface area contributed by atoms with Crippen LogP contribution in [0.15, 0.2) is 55.1 Å². The van der Waals surface area contributed by atoms with Crippen LogP contribution in [0.2, 0.25) is 0 Å². The number of ether oxygens (including phenoxy) is 1. The molecule has 8 heteroatoms. The zero-order valence-electron chi connectivity index (χ0n) is 25.9. The first-order chi connectivity index (χ1) is 19.7. The number of aromatic hydroxyl groups is 1. The summed E-state index contributed by atoms with van der Waals surface area (Å²) in [6.45, 7) is 14.8. The molecule has 0 heterocycles. The van der Waals surface area contributed by atoms with E-state index in [1.807, 2.05) is 45.0 Å². The number of amides is 3. The predicted octanol–water partition coefficient (Wildman–Crippen LogP) is 6.29. The third kappa shape index (κ3) is 9.36. The Kier molecular flexibility index (Phi) is 10.8. The van der Waals surface area contributed by atoms with Crippen molar-refractivity contribution in [3.05, 3.63) is 71.8 Å². The Morgan fingerprint density at radius 3 is 2.24 bits per heavy atom. The number of phenolic OH excluding ortho intramolecular Hbond substituents is 1. The summed E-state index contributed by atoms with van der Waals surface area (Å²) in [5.41, 5.74) is 0.640. The topological polar surface area (TPSA) is 108 Å². The van der Waals surface area contributed by atoms with E-state index in [0.29, 0.717) is 5.56 Å². The number of carbonyl (C=O) groups excluding carboxylic acids is 3. The van der Waals surface area contributed by atoms with Crippen molar-refractivity contribution in [1.82, 2.24) is 15.5 Å². The van der Waals surface area contributed by atoms with Gasteiger partial charge in [0, 0.05) is 18.0 Å². The van der Waals surface area contributed by atoms with Crippen LogP contribution in [0.3, 0.4) is 0 Å². The normalized spacial score (nSPS) is 15.7. The fourth-order valence-electron chi connectivity index (χ4n) is 5.33. The molecule has 1 aliphatic carbocycles. The third-order valence-corrected chi connectivity index (χ3v) is 7.25. The molecule has 0 aromatic heterocycles. The number of nitrogens with zero attached hydrogens (tertiary/aromatic N) is 1. The van der Waals surface area contributed by atoms with E-state index < -0.39 is 35.2 Å². The van der Waals surface area contributed by atoms with Gasteiger partial charge in [0.25, 0.3) is 0 Å². The van der Waals surface area contributed by atoms with E-state index in [4.69, 9.17) is 4.74 Å². The minimum atomic E-state index is -1.05. The van der Waals surface area contributed by atoms with E-state index in [9.17, 15) is 19.5 Å². The van der Waals surface area contributed by atoms with Gasteiger partial charge in [0.15, 0.2) is 0 Å². The Hall–Kier alpha value is -3.81. The van der Waals surface area contributed by atoms with Crippen LogP contribution < -0.4 is 10.6 Å². The highest BCUT2D eigenvalue weighted by atomic mass is 16.6. The lowest BCUT2D eigenvalue weighted by Crippen LogP contribution is -2.59. The molecular formula is C34H47N3O5. The lowest BCUT2D eigenvalue weighted by atomic mass is 9.92. The minimum Gasteiger partial charge on any atom is -0.508 e. The zero-order valence-corrected chi connectivity index (χ0v) is 25.9. The highest BCUT2D eigenvalue weighted by Crippen LogP contribution is 2.32. The average molecular weight is 578 g/mol. The van der Waals surface area contributed by atoms with Crippen LogP contribution in [0.1, 0.15) is 96.4 Å². The molecule has 42 heavy (non-hydrogen) atoms. The summed E-state index contributed by atoms with van der Waals surface area (Å²) < 4.78 is 5.51. The van der Waals surface area contributed by atoms with E-state index in [1.54, 1.807) is 43.9 Å². The van der Waals surface area contributed by atoms with Crippen molar-refractivity contribution in [3.63, 3.8) is 0 Å². The Balaban J connectivity index is 2.08. The van der Waals surface area contributed by atoms with Crippen LogP contribution in [0.25, 0.3) is 6.08 Å². The predicted molar refractivity (Wildman–Crippen MR) is 166 cm³/mol. The molecule has 0 saturated heterocycles. The number of alkyl carbamates (subject to hydrolysis) is 1. The van der Waals surface area contributed by atoms with E-state index in [1.165, 1.54) is 12.1 Å². The van der Waals surface area contributed by atoms with Gasteiger partial charge in [0.2, 0.25) is 11.8 Å². The van der Waals surface area contributed by atoms with Gasteiger partial charge in [-0.25, -0.2) is 4.79 Å². The first kappa shape index (κ1) is 32.7. The van der Waals surface area contributed by atoms with Crippen molar-refractivity contribution < 1.29 is 24.2 Å². The molecule has 0 aliphatic heterocycles. The SMILES string of the molecule is C=Cc1cccc(C(C(=O)NC2CCCCC2)N(C(=O)C(Cc2ccc(O)cc2)NC(=O)OC(C)(C)C)C(C)(C)C)c1. The first-order valence-electron chi connectivity index (χ1n) is 14.8. The fraction of sp³-hybridized carbons (Fsp3) is 0.500. The van der Waals surface area contributed by atoms with Crippen molar-refractivity contribution in [2.45, 2.75) is 109 Å². The van der Waals surface area contributed by atoms with Gasteiger partial charge in [-0.2, -0.15) is 0 Å². The Bertz CT molecular complexity index is 1240. The first-order valence-corrected chi connectivity index (χ1v) is 14.8. The van der Waals surface area contributed by atoms with Crippen molar-refractivity contribution in [3.8, 4) is 5.75 Å². The molecule has 1 aliphatic rings. The number of phenols is 1. The summed E-state index contributed by atoms with van der Waals surface area (Å²) in [5.74, 6) is -0.583. The maximum Gasteiger partial charge on any atom is 0.408 e. The van der Waals surface area contributed by atoms with Crippen molar-refractivity contribution >= 4 is 24.0 Å². The molecule has 8 nitrogen and oxygen atoms in total. The van der Waals surface area contributed by atoms with Gasteiger partial charge in [0.05, 0.1) is 0 Å². The Morgan fingerprint density at radius 2 is 1.67 bits per heavy atom. The van der Waals surface area contributed by atoms with Gasteiger partial charge in [-0.05, 0) is 89.3 Å². The monoisotopic (exact) mass is 577 g/mol. The van der Waals surface area contributed by atoms with Crippen LogP contribution in [-0.4, -0.2) is 51.1 Å². The standard InChI is InChI=1S/C34H47N3O5/c1-8-23-13-12-14-25(21-23)29(30(39)35-26-15-10-9-11-16-26)37(33(2,3)4)31(40)28(36-32(41)42-34(5,6)7)22-24-17-19-27(38)20-18-24/h8,12-14,17-21,26,28-29,38H,1,9-11,15-16,22H2,2-7H3,(H,35,39)(H,36,41). The molecular weight excluding hydrogens is 530 g/mol. The summed E-state index contributed by atoms with van der Waals surface area (Å²) in [5, 5.41) is 15.8. The molecule has 0 bridgehead atoms. The molecule has 2 aromatic rings. The molecule has 228 valence electrons. The lowest BCUT2D eigenvalue weighted by Gasteiger charge is -2.43. The second kappa shape index (κ2) is 13.9. The molecule has 3 N–H and O–H groups in total. The summed E-state index contributed by atoms with van der Waals surface area (Å²) in [7, 11) is 0. The summed E-state index contributed by atoms with van der Waals surface area (Å²) in [4.78, 5) is 43.4. The maximum absolute atomic E-state index is 14.6. The van der Waals surface area contributed by atoms with Gasteiger partial charge in [0.1, 0.15) is 23.4 Å². The second-order valence-corrected chi connectivity index (χ2v) is 13.1. The van der Waals surface area contributed by atoms with Crippen molar-refractivity contribution in [2.75, 3.05) is 0 Å². The quantitative estimate of drug-likeness (QED) is 0.325. The third-order valence-electron chi connectivity index (χ3n) is 7.25. The zero-order chi connectivity index (χ0) is 31.1. The highest BCUT2D eigenvalue weighted by molar-refractivity contribution is 5.93. The molecule has 3 amide bonds. The van der Waals surface area contributed by atoms with Crippen LogP contribution in [0.4, 0.5) is 4.79 Å². The van der Waals surface area contributed by atoms with Gasteiger partial charge in [-0.15, -0.1) is 0 Å². The molecule has 1 saturated carbocycles. The van der Waals surface area contributed by atoms with E-state index in [2.05, 4.69) is 17.2 Å². The van der Waals surface area contributed by atoms with Crippen LogP contribution in [-0.2, 0) is 20.7 Å². The average Bonchev–Trinajstić information content (AvgIpc) is 2.91. The van der Waals surface area contributed by atoms with Crippen LogP contribution >= 0.6 is 0 Å². The molecule has 2 unspecified atom stereocenters. The largest absolute Gasteiger partial charge is 0.508 e. The highest BCUT2D eigenvalue weighted by Gasteiger charge is 2.42. The molecule has 1 fully saturated rings. The molecule has 0 spiro atoms. The number of rotatable bonds is 9. The maximum atomic E-state index is 14.6. The van der Waals surface area contributed by atoms with Gasteiger partial charge in [-0.1, -0.05) is 62.2 Å². The molecule has 3 rings (SSSR count). The van der Waals surface area contributed by atoms with Crippen molar-refractivity contribution in [1.29, 1.82) is 0 Å². The van der Waals surface area contributed by atoms with E-state index >= 15 is 0 Å². The Morgan fingerprint density at radius 1 is 1.02 bits per heavy atom. The lowest BCUT2D eigenvalue weighted by molar-refractivity contribution is -0.148. The number of hydrogen-bond acceptors (Lipinski definition) is 5. The molecule has 2 aromatic carbocycles. The van der Waals surface area contributed by atoms with Gasteiger partial charge < -0.3 is 25.4 Å². The van der Waals surface area contributed by atoms with Crippen LogP contribution in [0.5, 0.6) is 5.75 Å². The van der Waals surface area contributed by atoms with Crippen molar-refractivity contribution in [2.24, 2.45) is 0 Å². The summed E-state index contributed by atoms with van der Waals surface area (Å²) in [6.07, 6.45) is 6.17. The van der Waals surface area contributed by atoms with Gasteiger partial charge >= 0.3 is 6.09 Å². The summed E-state index contributed by atoms with van der Waals surface area (Å²) in [6, 6.07) is 12.0. The molecule has 0 radical (unpaired) electrons. The summed E-state index contributed by atoms with van der Waals surface area (Å²) >= 11 is 0. The van der Waals surface area contributed by atoms with E-state index in [-0.39, 0.29) is 24.1 Å². The molecule has 2 atom stereocenters. The number of carbonyl (C=O) groups is 3. The number of benzene rings is 2. The van der Waals surface area contributed by atoms with Crippen LogP contribution in [0, 0.1) is 0 Å². The number of hydrogen-bond donors (Lipinski definition) is 3. The second-order valence-electron chi connectivity index (χ2n) is 13.1. The smallest absolute Gasteiger partial charge is 0.408 e. The fourth-order valence-corrected chi connectivity index (χ4v) is 5.33.